The fraction of sp³-hybridized carbons (Fsp3) is 0.200. The summed E-state index contributed by atoms with van der Waals surface area (Å²) in [6.07, 6.45) is 0. The van der Waals surface area contributed by atoms with Gasteiger partial charge in [0.1, 0.15) is 23.2 Å². The van der Waals surface area contributed by atoms with E-state index in [1.54, 1.807) is 0 Å². The largest absolute Gasteiger partial charge is 0.491 e. The maximum absolute atomic E-state index is 12.1. The molecule has 0 unspecified atom stereocenters. The van der Waals surface area contributed by atoms with E-state index in [2.05, 4.69) is 10.3 Å². The number of rotatable bonds is 5. The minimum absolute atomic E-state index is 0.00496. The molecule has 0 bridgehead atoms. The summed E-state index contributed by atoms with van der Waals surface area (Å²) in [7, 11) is 0. The Hall–Kier alpha value is -1.20. The van der Waals surface area contributed by atoms with Crippen molar-refractivity contribution in [1.29, 1.82) is 0 Å². The first-order valence-corrected chi connectivity index (χ1v) is 8.09. The van der Waals surface area contributed by atoms with Crippen LogP contribution in [0.5, 0.6) is 5.75 Å². The van der Waals surface area contributed by atoms with Crippen LogP contribution in [-0.2, 0) is 0 Å². The molecule has 0 fully saturated rings. The molecule has 4 nitrogen and oxygen atoms in total. The first kappa shape index (κ1) is 18.1. The predicted octanol–water partition coefficient (Wildman–Crippen LogP) is 4.81. The van der Waals surface area contributed by atoms with Crippen LogP contribution in [0.1, 0.15) is 16.1 Å². The second-order valence-electron chi connectivity index (χ2n) is 4.56. The molecule has 23 heavy (non-hydrogen) atoms. The summed E-state index contributed by atoms with van der Waals surface area (Å²) in [5, 5.41) is 2.51. The highest BCUT2D eigenvalue weighted by Gasteiger charge is 2.19. The van der Waals surface area contributed by atoms with Gasteiger partial charge in [-0.15, -0.1) is 0 Å². The molecule has 2 aromatic rings. The lowest BCUT2D eigenvalue weighted by molar-refractivity contribution is 0.0942. The molecular formula is C15H12Cl4N2O2. The Morgan fingerprint density at radius 3 is 2.52 bits per heavy atom. The van der Waals surface area contributed by atoms with Crippen LogP contribution in [0.3, 0.4) is 0 Å². The lowest BCUT2D eigenvalue weighted by Gasteiger charge is -2.11. The number of para-hydroxylation sites is 1. The lowest BCUT2D eigenvalue weighted by atomic mass is 10.2. The predicted molar refractivity (Wildman–Crippen MR) is 93.3 cm³/mol. The Bertz CT molecular complexity index is 738. The average molecular weight is 394 g/mol. The monoisotopic (exact) mass is 392 g/mol. The summed E-state index contributed by atoms with van der Waals surface area (Å²) in [4.78, 5) is 15.9. The molecule has 0 atom stereocenters. The molecule has 0 aliphatic heterocycles. The number of hydrogen-bond acceptors (Lipinski definition) is 3. The van der Waals surface area contributed by atoms with Crippen LogP contribution in [0.2, 0.25) is 20.2 Å². The minimum atomic E-state index is -0.510. The summed E-state index contributed by atoms with van der Waals surface area (Å²) < 4.78 is 5.58. The Morgan fingerprint density at radius 2 is 1.83 bits per heavy atom. The van der Waals surface area contributed by atoms with Crippen LogP contribution >= 0.6 is 46.4 Å². The number of halogens is 4. The maximum Gasteiger partial charge on any atom is 0.271 e. The Kier molecular flexibility index (Phi) is 6.36. The molecule has 1 heterocycles. The molecule has 2 rings (SSSR count). The Morgan fingerprint density at radius 1 is 1.13 bits per heavy atom. The van der Waals surface area contributed by atoms with Gasteiger partial charge in [-0.25, -0.2) is 4.98 Å². The van der Waals surface area contributed by atoms with Gasteiger partial charge in [-0.1, -0.05) is 64.6 Å². The van der Waals surface area contributed by atoms with Gasteiger partial charge in [0.25, 0.3) is 5.91 Å². The third kappa shape index (κ3) is 4.42. The van der Waals surface area contributed by atoms with Crippen molar-refractivity contribution in [3.63, 3.8) is 0 Å². The standard InChI is InChI=1S/C15H12Cl4N2O2/c1-8-4-2-3-5-9(8)23-7-6-20-15(22)13-11(17)10(16)12(18)14(19)21-13/h2-5H,6-7H2,1H3,(H,20,22). The van der Waals surface area contributed by atoms with Crippen molar-refractivity contribution in [2.75, 3.05) is 13.2 Å². The number of aromatic nitrogens is 1. The molecule has 1 aromatic heterocycles. The highest BCUT2D eigenvalue weighted by atomic mass is 35.5. The van der Waals surface area contributed by atoms with Crippen molar-refractivity contribution < 1.29 is 9.53 Å². The summed E-state index contributed by atoms with van der Waals surface area (Å²) in [6.45, 7) is 2.50. The molecule has 0 spiro atoms. The summed E-state index contributed by atoms with van der Waals surface area (Å²) in [6, 6.07) is 7.59. The Labute approximate surface area is 153 Å². The zero-order valence-electron chi connectivity index (χ0n) is 12.0. The van der Waals surface area contributed by atoms with E-state index in [9.17, 15) is 4.79 Å². The molecule has 0 saturated carbocycles. The van der Waals surface area contributed by atoms with Crippen molar-refractivity contribution in [2.24, 2.45) is 0 Å². The smallest absolute Gasteiger partial charge is 0.271 e. The van der Waals surface area contributed by atoms with Gasteiger partial charge in [0.2, 0.25) is 0 Å². The first-order valence-electron chi connectivity index (χ1n) is 6.58. The highest BCUT2D eigenvalue weighted by Crippen LogP contribution is 2.35. The third-order valence-electron chi connectivity index (χ3n) is 2.94. The van der Waals surface area contributed by atoms with Gasteiger partial charge in [-0.2, -0.15) is 0 Å². The van der Waals surface area contributed by atoms with E-state index in [1.165, 1.54) is 0 Å². The van der Waals surface area contributed by atoms with E-state index in [0.717, 1.165) is 11.3 Å². The lowest BCUT2D eigenvalue weighted by Crippen LogP contribution is -2.29. The number of pyridine rings is 1. The molecule has 122 valence electrons. The second kappa shape index (κ2) is 8.06. The quantitative estimate of drug-likeness (QED) is 0.585. The second-order valence-corrected chi connectivity index (χ2v) is 6.05. The van der Waals surface area contributed by atoms with Gasteiger partial charge >= 0.3 is 0 Å². The number of benzene rings is 1. The molecule has 8 heteroatoms. The van der Waals surface area contributed by atoms with Gasteiger partial charge in [-0.3, -0.25) is 4.79 Å². The molecule has 1 aromatic carbocycles. The maximum atomic E-state index is 12.1. The molecular weight excluding hydrogens is 382 g/mol. The van der Waals surface area contributed by atoms with Gasteiger partial charge in [0.15, 0.2) is 0 Å². The van der Waals surface area contributed by atoms with Gasteiger partial charge in [0, 0.05) is 0 Å². The van der Waals surface area contributed by atoms with Crippen LogP contribution in [0, 0.1) is 6.92 Å². The number of nitrogens with one attached hydrogen (secondary N) is 1. The summed E-state index contributed by atoms with van der Waals surface area (Å²) >= 11 is 23.5. The van der Waals surface area contributed by atoms with Crippen LogP contribution in [0.15, 0.2) is 24.3 Å². The highest BCUT2D eigenvalue weighted by molar-refractivity contribution is 6.52. The minimum Gasteiger partial charge on any atom is -0.491 e. The zero-order chi connectivity index (χ0) is 17.0. The molecule has 0 saturated heterocycles. The molecule has 0 aliphatic carbocycles. The number of hydrogen-bond donors (Lipinski definition) is 1. The van der Waals surface area contributed by atoms with Crippen LogP contribution < -0.4 is 10.1 Å². The molecule has 1 amide bonds. The van der Waals surface area contributed by atoms with Crippen molar-refractivity contribution in [1.82, 2.24) is 10.3 Å². The Balaban J connectivity index is 1.95. The fourth-order valence-electron chi connectivity index (χ4n) is 1.77. The average Bonchev–Trinajstić information content (AvgIpc) is 2.54. The van der Waals surface area contributed by atoms with E-state index in [4.69, 9.17) is 51.1 Å². The number of nitrogens with zero attached hydrogens (tertiary/aromatic N) is 1. The zero-order valence-corrected chi connectivity index (χ0v) is 15.0. The third-order valence-corrected chi connectivity index (χ3v) is 4.62. The van der Waals surface area contributed by atoms with Gasteiger partial charge < -0.3 is 10.1 Å². The topological polar surface area (TPSA) is 51.2 Å². The first-order chi connectivity index (χ1) is 10.9. The van der Waals surface area contributed by atoms with Crippen LogP contribution in [-0.4, -0.2) is 24.0 Å². The van der Waals surface area contributed by atoms with Crippen molar-refractivity contribution in [3.8, 4) is 5.75 Å². The normalized spacial score (nSPS) is 10.5. The number of ether oxygens (including phenoxy) is 1. The molecule has 0 radical (unpaired) electrons. The summed E-state index contributed by atoms with van der Waals surface area (Å²) in [5.41, 5.74) is 0.932. The van der Waals surface area contributed by atoms with Crippen molar-refractivity contribution in [3.05, 3.63) is 55.7 Å². The number of carbonyl (C=O) groups excluding carboxylic acids is 1. The van der Waals surface area contributed by atoms with Gasteiger partial charge in [-0.05, 0) is 18.6 Å². The van der Waals surface area contributed by atoms with Crippen LogP contribution in [0.25, 0.3) is 0 Å². The van der Waals surface area contributed by atoms with Crippen molar-refractivity contribution >= 4 is 52.3 Å². The summed E-state index contributed by atoms with van der Waals surface area (Å²) in [5.74, 6) is 0.249. The van der Waals surface area contributed by atoms with Crippen LogP contribution in [0.4, 0.5) is 0 Å². The molecule has 1 N–H and O–H groups in total. The SMILES string of the molecule is Cc1ccccc1OCCNC(=O)c1nc(Cl)c(Cl)c(Cl)c1Cl. The van der Waals surface area contributed by atoms with E-state index >= 15 is 0 Å². The van der Waals surface area contributed by atoms with Gasteiger partial charge in [0.05, 0.1) is 21.6 Å². The fourth-order valence-corrected chi connectivity index (χ4v) is 2.58. The van der Waals surface area contributed by atoms with E-state index in [-0.39, 0.29) is 32.5 Å². The number of aryl methyl sites for hydroxylation is 1. The van der Waals surface area contributed by atoms with E-state index < -0.39 is 5.91 Å². The number of carbonyl (C=O) groups is 1. The van der Waals surface area contributed by atoms with E-state index in [1.807, 2.05) is 31.2 Å². The van der Waals surface area contributed by atoms with Crippen molar-refractivity contribution in [2.45, 2.75) is 6.92 Å². The number of amides is 1. The molecule has 0 aliphatic rings. The van der Waals surface area contributed by atoms with E-state index in [0.29, 0.717) is 6.61 Å².